The summed E-state index contributed by atoms with van der Waals surface area (Å²) in [6, 6.07) is 6.18. The maximum atomic E-state index is 13.7. The van der Waals surface area contributed by atoms with E-state index in [1.807, 2.05) is 0 Å². The predicted octanol–water partition coefficient (Wildman–Crippen LogP) is 2.26. The number of nitrogens with zero attached hydrogens (tertiary/aromatic N) is 2. The predicted molar refractivity (Wildman–Crippen MR) is 92.6 cm³/mol. The lowest BCUT2D eigenvalue weighted by atomic mass is 10.1. The van der Waals surface area contributed by atoms with E-state index in [0.29, 0.717) is 43.1 Å². The molecule has 0 unspecified atom stereocenters. The molecule has 0 aliphatic carbocycles. The molecule has 1 saturated heterocycles. The quantitative estimate of drug-likeness (QED) is 0.839. The number of benzene rings is 1. The van der Waals surface area contributed by atoms with Crippen LogP contribution in [0, 0.1) is 12.7 Å². The summed E-state index contributed by atoms with van der Waals surface area (Å²) in [5, 5.41) is 0. The van der Waals surface area contributed by atoms with Crippen LogP contribution in [0.25, 0.3) is 0 Å². The number of rotatable bonds is 4. The van der Waals surface area contributed by atoms with E-state index in [1.54, 1.807) is 28.9 Å². The summed E-state index contributed by atoms with van der Waals surface area (Å²) in [4.78, 5) is 28.3. The first-order valence-electron chi connectivity index (χ1n) is 8.43. The second kappa shape index (κ2) is 7.59. The molecular formula is C19H21FN2O4. The number of ether oxygens (including phenoxy) is 1. The number of methoxy groups -OCH3 is 1. The standard InChI is InChI=1S/C19H21FN2O4/c1-13-15(5-10-26-13)19(24)22-8-6-21(7-9-22)18(23)12-14-3-4-17(25-2)16(20)11-14/h3-5,10-11H,6-9,12H2,1-2H3. The number of hydrogen-bond acceptors (Lipinski definition) is 4. The van der Waals surface area contributed by atoms with Crippen molar-refractivity contribution < 1.29 is 23.1 Å². The van der Waals surface area contributed by atoms with Crippen LogP contribution in [-0.4, -0.2) is 54.9 Å². The van der Waals surface area contributed by atoms with Crippen molar-refractivity contribution in [1.29, 1.82) is 0 Å². The summed E-state index contributed by atoms with van der Waals surface area (Å²) < 4.78 is 23.8. The van der Waals surface area contributed by atoms with Crippen LogP contribution >= 0.6 is 0 Å². The van der Waals surface area contributed by atoms with Crippen molar-refractivity contribution >= 4 is 11.8 Å². The van der Waals surface area contributed by atoms with Gasteiger partial charge in [-0.2, -0.15) is 0 Å². The largest absolute Gasteiger partial charge is 0.494 e. The second-order valence-electron chi connectivity index (χ2n) is 6.21. The first-order chi connectivity index (χ1) is 12.5. The van der Waals surface area contributed by atoms with Gasteiger partial charge < -0.3 is 19.0 Å². The summed E-state index contributed by atoms with van der Waals surface area (Å²) in [6.07, 6.45) is 1.62. The molecule has 3 rings (SSSR count). The molecule has 0 N–H and O–H groups in total. The van der Waals surface area contributed by atoms with Crippen molar-refractivity contribution in [2.45, 2.75) is 13.3 Å². The number of piperazine rings is 1. The number of aryl methyl sites for hydroxylation is 1. The van der Waals surface area contributed by atoms with Crippen LogP contribution in [0.5, 0.6) is 5.75 Å². The smallest absolute Gasteiger partial charge is 0.257 e. The SMILES string of the molecule is COc1ccc(CC(=O)N2CCN(C(=O)c3ccoc3C)CC2)cc1F. The minimum atomic E-state index is -0.483. The van der Waals surface area contributed by atoms with E-state index in [2.05, 4.69) is 0 Å². The van der Waals surface area contributed by atoms with Crippen molar-refractivity contribution in [3.63, 3.8) is 0 Å². The van der Waals surface area contributed by atoms with Gasteiger partial charge in [0, 0.05) is 26.2 Å². The van der Waals surface area contributed by atoms with Crippen LogP contribution < -0.4 is 4.74 Å². The Balaban J connectivity index is 1.56. The van der Waals surface area contributed by atoms with Gasteiger partial charge in [0.05, 0.1) is 25.4 Å². The van der Waals surface area contributed by atoms with Crippen molar-refractivity contribution in [3.05, 3.63) is 53.2 Å². The van der Waals surface area contributed by atoms with Crippen LogP contribution in [-0.2, 0) is 11.2 Å². The summed E-state index contributed by atoms with van der Waals surface area (Å²) in [5.41, 5.74) is 1.15. The molecule has 0 spiro atoms. The lowest BCUT2D eigenvalue weighted by Gasteiger charge is -2.34. The average Bonchev–Trinajstić information content (AvgIpc) is 3.07. The molecule has 0 saturated carbocycles. The molecular weight excluding hydrogens is 339 g/mol. The van der Waals surface area contributed by atoms with Crippen LogP contribution in [0.3, 0.4) is 0 Å². The Kier molecular flexibility index (Phi) is 5.25. The molecule has 1 fully saturated rings. The number of carbonyl (C=O) groups excluding carboxylic acids is 2. The van der Waals surface area contributed by atoms with Crippen molar-refractivity contribution in [2.24, 2.45) is 0 Å². The van der Waals surface area contributed by atoms with Crippen molar-refractivity contribution in [2.75, 3.05) is 33.3 Å². The first-order valence-corrected chi connectivity index (χ1v) is 8.43. The Hall–Kier alpha value is -2.83. The Labute approximate surface area is 151 Å². The highest BCUT2D eigenvalue weighted by molar-refractivity contribution is 5.95. The van der Waals surface area contributed by atoms with Gasteiger partial charge in [-0.05, 0) is 30.7 Å². The molecule has 2 heterocycles. The minimum Gasteiger partial charge on any atom is -0.494 e. The fraction of sp³-hybridized carbons (Fsp3) is 0.368. The number of furan rings is 1. The second-order valence-corrected chi connectivity index (χ2v) is 6.21. The van der Waals surface area contributed by atoms with E-state index in [4.69, 9.17) is 9.15 Å². The van der Waals surface area contributed by atoms with Gasteiger partial charge in [0.1, 0.15) is 5.76 Å². The van der Waals surface area contributed by atoms with Crippen LogP contribution in [0.4, 0.5) is 4.39 Å². The highest BCUT2D eigenvalue weighted by atomic mass is 19.1. The fourth-order valence-corrected chi connectivity index (χ4v) is 3.04. The van der Waals surface area contributed by atoms with E-state index in [-0.39, 0.29) is 24.0 Å². The maximum absolute atomic E-state index is 13.7. The van der Waals surface area contributed by atoms with Crippen molar-refractivity contribution in [3.8, 4) is 5.75 Å². The summed E-state index contributed by atoms with van der Waals surface area (Å²) in [5.74, 6) is 0.100. The molecule has 138 valence electrons. The molecule has 0 atom stereocenters. The molecule has 0 radical (unpaired) electrons. The molecule has 1 aromatic carbocycles. The number of carbonyl (C=O) groups is 2. The molecule has 0 bridgehead atoms. The monoisotopic (exact) mass is 360 g/mol. The third-order valence-corrected chi connectivity index (χ3v) is 4.58. The fourth-order valence-electron chi connectivity index (χ4n) is 3.04. The zero-order chi connectivity index (χ0) is 18.7. The van der Waals surface area contributed by atoms with Gasteiger partial charge in [-0.1, -0.05) is 6.07 Å². The molecule has 26 heavy (non-hydrogen) atoms. The maximum Gasteiger partial charge on any atom is 0.257 e. The zero-order valence-corrected chi connectivity index (χ0v) is 14.8. The number of halogens is 1. The van der Waals surface area contributed by atoms with Gasteiger partial charge in [-0.15, -0.1) is 0 Å². The highest BCUT2D eigenvalue weighted by Gasteiger charge is 2.26. The van der Waals surface area contributed by atoms with Crippen molar-refractivity contribution in [1.82, 2.24) is 9.80 Å². The van der Waals surface area contributed by atoms with E-state index >= 15 is 0 Å². The molecule has 6 nitrogen and oxygen atoms in total. The Morgan fingerprint density at radius 3 is 2.42 bits per heavy atom. The van der Waals surface area contributed by atoms with Gasteiger partial charge in [-0.25, -0.2) is 4.39 Å². The van der Waals surface area contributed by atoms with Gasteiger partial charge in [0.25, 0.3) is 5.91 Å². The van der Waals surface area contributed by atoms with Gasteiger partial charge in [0.2, 0.25) is 5.91 Å². The van der Waals surface area contributed by atoms with E-state index in [0.717, 1.165) is 0 Å². The third kappa shape index (κ3) is 3.71. The normalized spacial score (nSPS) is 14.4. The molecule has 1 aromatic heterocycles. The molecule has 2 amide bonds. The first kappa shape index (κ1) is 18.0. The number of hydrogen-bond donors (Lipinski definition) is 0. The van der Waals surface area contributed by atoms with Gasteiger partial charge in [-0.3, -0.25) is 9.59 Å². The van der Waals surface area contributed by atoms with Gasteiger partial charge in [0.15, 0.2) is 11.6 Å². The summed E-state index contributed by atoms with van der Waals surface area (Å²) >= 11 is 0. The zero-order valence-electron chi connectivity index (χ0n) is 14.8. The van der Waals surface area contributed by atoms with E-state index in [1.165, 1.54) is 25.5 Å². The minimum absolute atomic E-state index is 0.0823. The van der Waals surface area contributed by atoms with Gasteiger partial charge >= 0.3 is 0 Å². The Morgan fingerprint density at radius 2 is 1.85 bits per heavy atom. The van der Waals surface area contributed by atoms with Crippen LogP contribution in [0.1, 0.15) is 21.7 Å². The van der Waals surface area contributed by atoms with Crippen LogP contribution in [0.15, 0.2) is 34.9 Å². The van der Waals surface area contributed by atoms with E-state index in [9.17, 15) is 14.0 Å². The molecule has 7 heteroatoms. The molecule has 1 aliphatic heterocycles. The highest BCUT2D eigenvalue weighted by Crippen LogP contribution is 2.19. The third-order valence-electron chi connectivity index (χ3n) is 4.58. The lowest BCUT2D eigenvalue weighted by molar-refractivity contribution is -0.131. The molecule has 2 aromatic rings. The number of amides is 2. The van der Waals surface area contributed by atoms with Crippen LogP contribution in [0.2, 0.25) is 0 Å². The summed E-state index contributed by atoms with van der Waals surface area (Å²) in [6.45, 7) is 3.60. The lowest BCUT2D eigenvalue weighted by Crippen LogP contribution is -2.51. The van der Waals surface area contributed by atoms with E-state index < -0.39 is 5.82 Å². The Morgan fingerprint density at radius 1 is 1.15 bits per heavy atom. The summed E-state index contributed by atoms with van der Waals surface area (Å²) in [7, 11) is 1.40. The topological polar surface area (TPSA) is 63.0 Å². The Bertz CT molecular complexity index is 810. The average molecular weight is 360 g/mol. The molecule has 1 aliphatic rings.